The number of piperidine rings is 1. The minimum absolute atomic E-state index is 0.0393. The van der Waals surface area contributed by atoms with Crippen LogP contribution in [0, 0.1) is 5.82 Å². The van der Waals surface area contributed by atoms with Gasteiger partial charge < -0.3 is 10.0 Å². The molecule has 1 aromatic heterocycles. The van der Waals surface area contributed by atoms with Gasteiger partial charge in [0.1, 0.15) is 11.7 Å². The molecule has 126 valence electrons. The monoisotopic (exact) mass is 352 g/mol. The van der Waals surface area contributed by atoms with E-state index in [2.05, 4.69) is 10.3 Å². The molecule has 24 heavy (non-hydrogen) atoms. The largest absolute Gasteiger partial charge is 0.480 e. The molecule has 7 nitrogen and oxygen atoms in total. The molecule has 0 bridgehead atoms. The highest BCUT2D eigenvalue weighted by atomic mass is 35.5. The van der Waals surface area contributed by atoms with Crippen LogP contribution in [0.4, 0.5) is 4.39 Å². The van der Waals surface area contributed by atoms with E-state index in [4.69, 9.17) is 11.6 Å². The third-order valence-corrected chi connectivity index (χ3v) is 4.23. The number of nitrogens with zero attached hydrogens (tertiary/aromatic N) is 4. The second kappa shape index (κ2) is 6.56. The second-order valence-electron chi connectivity index (χ2n) is 5.47. The summed E-state index contributed by atoms with van der Waals surface area (Å²) >= 11 is 5.73. The third kappa shape index (κ3) is 2.96. The maximum absolute atomic E-state index is 14.0. The van der Waals surface area contributed by atoms with Gasteiger partial charge in [-0.15, -0.1) is 5.10 Å². The molecule has 0 unspecified atom stereocenters. The molecule has 0 radical (unpaired) electrons. The summed E-state index contributed by atoms with van der Waals surface area (Å²) in [5, 5.41) is 16.7. The number of hydrogen-bond acceptors (Lipinski definition) is 4. The van der Waals surface area contributed by atoms with Gasteiger partial charge in [0.2, 0.25) is 0 Å². The summed E-state index contributed by atoms with van der Waals surface area (Å²) < 4.78 is 15.1. The quantitative estimate of drug-likeness (QED) is 0.914. The van der Waals surface area contributed by atoms with Gasteiger partial charge >= 0.3 is 5.97 Å². The average Bonchev–Trinajstić information content (AvgIpc) is 3.06. The molecule has 3 rings (SSSR count). The molecule has 1 amide bonds. The summed E-state index contributed by atoms with van der Waals surface area (Å²) in [6, 6.07) is 3.52. The normalized spacial score (nSPS) is 17.8. The number of carbonyl (C=O) groups excluding carboxylic acids is 1. The van der Waals surface area contributed by atoms with E-state index in [0.717, 1.165) is 17.5 Å². The fraction of sp³-hybridized carbons (Fsp3) is 0.333. The van der Waals surface area contributed by atoms with Gasteiger partial charge in [-0.2, -0.15) is 0 Å². The number of likely N-dealkylation sites (tertiary alicyclic amines) is 1. The van der Waals surface area contributed by atoms with Crippen molar-refractivity contribution in [2.24, 2.45) is 0 Å². The lowest BCUT2D eigenvalue weighted by Gasteiger charge is -2.32. The highest BCUT2D eigenvalue weighted by Crippen LogP contribution is 2.22. The van der Waals surface area contributed by atoms with Crippen molar-refractivity contribution in [3.05, 3.63) is 40.9 Å². The summed E-state index contributed by atoms with van der Waals surface area (Å²) in [5.74, 6) is -2.25. The van der Waals surface area contributed by atoms with E-state index < -0.39 is 23.7 Å². The Labute approximate surface area is 141 Å². The van der Waals surface area contributed by atoms with Crippen LogP contribution in [0.5, 0.6) is 0 Å². The molecular formula is C15H14ClFN4O3. The number of carboxylic acids is 1. The zero-order chi connectivity index (χ0) is 17.3. The molecule has 0 spiro atoms. The number of hydrogen-bond donors (Lipinski definition) is 1. The van der Waals surface area contributed by atoms with E-state index in [1.165, 1.54) is 23.2 Å². The molecule has 2 aromatic rings. The van der Waals surface area contributed by atoms with Gasteiger partial charge in [0.25, 0.3) is 5.91 Å². The van der Waals surface area contributed by atoms with Crippen molar-refractivity contribution in [1.82, 2.24) is 19.9 Å². The smallest absolute Gasteiger partial charge is 0.326 e. The Kier molecular flexibility index (Phi) is 4.48. The van der Waals surface area contributed by atoms with Crippen LogP contribution in [0.3, 0.4) is 0 Å². The maximum Gasteiger partial charge on any atom is 0.326 e. The summed E-state index contributed by atoms with van der Waals surface area (Å²) in [4.78, 5) is 25.1. The molecule has 2 heterocycles. The van der Waals surface area contributed by atoms with Crippen molar-refractivity contribution in [2.45, 2.75) is 25.3 Å². The number of carbonyl (C=O) groups is 2. The molecule has 1 aliphatic heterocycles. The Hall–Kier alpha value is -2.48. The fourth-order valence-corrected chi connectivity index (χ4v) is 2.90. The lowest BCUT2D eigenvalue weighted by Crippen LogP contribution is -2.48. The predicted molar refractivity (Wildman–Crippen MR) is 82.6 cm³/mol. The summed E-state index contributed by atoms with van der Waals surface area (Å²) in [6.45, 7) is 0.341. The molecule has 1 saturated heterocycles. The lowest BCUT2D eigenvalue weighted by molar-refractivity contribution is -0.143. The summed E-state index contributed by atoms with van der Waals surface area (Å²) in [5.41, 5.74) is 0.0185. The van der Waals surface area contributed by atoms with Gasteiger partial charge in [0.05, 0.1) is 11.2 Å². The van der Waals surface area contributed by atoms with Gasteiger partial charge in [0.15, 0.2) is 11.5 Å². The molecule has 1 N–H and O–H groups in total. The molecule has 9 heteroatoms. The first kappa shape index (κ1) is 16.4. The summed E-state index contributed by atoms with van der Waals surface area (Å²) in [7, 11) is 0. The average molecular weight is 353 g/mol. The zero-order valence-corrected chi connectivity index (χ0v) is 13.3. The maximum atomic E-state index is 14.0. The van der Waals surface area contributed by atoms with Crippen molar-refractivity contribution in [2.75, 3.05) is 6.54 Å². The van der Waals surface area contributed by atoms with Crippen molar-refractivity contribution >= 4 is 23.5 Å². The standard InChI is InChI=1S/C15H14ClFN4O3/c16-9-4-3-6-11(13(9)17)21-8-10(18-19-21)14(22)20-7-2-1-5-12(20)15(23)24/h3-4,6,8,12H,1-2,5,7H2,(H,23,24)/t12-/m1/s1. The van der Waals surface area contributed by atoms with Crippen molar-refractivity contribution in [3.63, 3.8) is 0 Å². The van der Waals surface area contributed by atoms with Gasteiger partial charge in [0, 0.05) is 6.54 Å². The summed E-state index contributed by atoms with van der Waals surface area (Å²) in [6.07, 6.45) is 3.15. The minimum Gasteiger partial charge on any atom is -0.480 e. The highest BCUT2D eigenvalue weighted by Gasteiger charge is 2.33. The van der Waals surface area contributed by atoms with Crippen LogP contribution in [0.15, 0.2) is 24.4 Å². The van der Waals surface area contributed by atoms with Crippen LogP contribution in [-0.4, -0.2) is 49.5 Å². The van der Waals surface area contributed by atoms with E-state index in [1.807, 2.05) is 0 Å². The van der Waals surface area contributed by atoms with Crippen LogP contribution in [0.1, 0.15) is 29.8 Å². The first-order valence-corrected chi connectivity index (χ1v) is 7.77. The van der Waals surface area contributed by atoms with Crippen LogP contribution in [-0.2, 0) is 4.79 Å². The number of rotatable bonds is 3. The van der Waals surface area contributed by atoms with E-state index in [-0.39, 0.29) is 16.4 Å². The third-order valence-electron chi connectivity index (χ3n) is 3.94. The lowest BCUT2D eigenvalue weighted by atomic mass is 10.0. The highest BCUT2D eigenvalue weighted by molar-refractivity contribution is 6.30. The Morgan fingerprint density at radius 3 is 2.88 bits per heavy atom. The van der Waals surface area contributed by atoms with Crippen LogP contribution < -0.4 is 0 Å². The van der Waals surface area contributed by atoms with Gasteiger partial charge in [-0.25, -0.2) is 13.9 Å². The first-order chi connectivity index (χ1) is 11.5. The molecular weight excluding hydrogens is 339 g/mol. The minimum atomic E-state index is -1.05. The van der Waals surface area contributed by atoms with Gasteiger partial charge in [-0.3, -0.25) is 4.79 Å². The van der Waals surface area contributed by atoms with E-state index in [0.29, 0.717) is 13.0 Å². The number of halogens is 2. The Morgan fingerprint density at radius 1 is 1.33 bits per heavy atom. The van der Waals surface area contributed by atoms with E-state index >= 15 is 0 Å². The topological polar surface area (TPSA) is 88.3 Å². The van der Waals surface area contributed by atoms with E-state index in [1.54, 1.807) is 6.07 Å². The number of aromatic nitrogens is 3. The molecule has 1 aromatic carbocycles. The number of amides is 1. The molecule has 1 aliphatic rings. The molecule has 1 atom stereocenters. The van der Waals surface area contributed by atoms with Gasteiger partial charge in [-0.05, 0) is 31.4 Å². The van der Waals surface area contributed by atoms with Crippen LogP contribution in [0.2, 0.25) is 5.02 Å². The predicted octanol–water partition coefficient (Wildman–Crippen LogP) is 2.14. The fourth-order valence-electron chi connectivity index (χ4n) is 2.73. The second-order valence-corrected chi connectivity index (χ2v) is 5.88. The Bertz CT molecular complexity index is 795. The van der Waals surface area contributed by atoms with Crippen molar-refractivity contribution < 1.29 is 19.1 Å². The Balaban J connectivity index is 1.88. The molecule has 1 fully saturated rings. The van der Waals surface area contributed by atoms with Crippen molar-refractivity contribution in [1.29, 1.82) is 0 Å². The molecule has 0 saturated carbocycles. The zero-order valence-electron chi connectivity index (χ0n) is 12.5. The number of benzene rings is 1. The van der Waals surface area contributed by atoms with Crippen molar-refractivity contribution in [3.8, 4) is 5.69 Å². The van der Waals surface area contributed by atoms with Crippen LogP contribution >= 0.6 is 11.6 Å². The number of aliphatic carboxylic acids is 1. The van der Waals surface area contributed by atoms with Gasteiger partial charge in [-0.1, -0.05) is 22.9 Å². The number of carboxylic acid groups (broad SMARTS) is 1. The Morgan fingerprint density at radius 2 is 2.12 bits per heavy atom. The SMILES string of the molecule is O=C(O)[C@H]1CCCCN1C(=O)c1cn(-c2cccc(Cl)c2F)nn1. The van der Waals surface area contributed by atoms with E-state index in [9.17, 15) is 19.1 Å². The van der Waals surface area contributed by atoms with Crippen LogP contribution in [0.25, 0.3) is 5.69 Å². The molecule has 0 aliphatic carbocycles. The first-order valence-electron chi connectivity index (χ1n) is 7.39.